The fraction of sp³-hybridized carbons (Fsp3) is 0.500. The SMILES string of the molecule is Cc1nnc(CNc2cc(N3CCOCC3)ncn2)o1. The highest BCUT2D eigenvalue weighted by molar-refractivity contribution is 5.48. The van der Waals surface area contributed by atoms with Gasteiger partial charge in [0.1, 0.15) is 18.0 Å². The van der Waals surface area contributed by atoms with Gasteiger partial charge in [0.25, 0.3) is 0 Å². The number of aromatic nitrogens is 4. The molecule has 0 spiro atoms. The van der Waals surface area contributed by atoms with E-state index in [9.17, 15) is 0 Å². The zero-order valence-electron chi connectivity index (χ0n) is 11.2. The van der Waals surface area contributed by atoms with Crippen molar-refractivity contribution < 1.29 is 9.15 Å². The molecule has 3 rings (SSSR count). The maximum atomic E-state index is 5.33. The highest BCUT2D eigenvalue weighted by Gasteiger charge is 2.13. The molecule has 8 nitrogen and oxygen atoms in total. The maximum absolute atomic E-state index is 5.33. The minimum atomic E-state index is 0.445. The van der Waals surface area contributed by atoms with Gasteiger partial charge in [-0.2, -0.15) is 0 Å². The van der Waals surface area contributed by atoms with Crippen LogP contribution in [0.4, 0.5) is 11.6 Å². The Labute approximate surface area is 116 Å². The van der Waals surface area contributed by atoms with Crippen LogP contribution in [0.1, 0.15) is 11.8 Å². The van der Waals surface area contributed by atoms with Crippen LogP contribution in [0.15, 0.2) is 16.8 Å². The molecule has 2 aromatic rings. The van der Waals surface area contributed by atoms with Crippen LogP contribution in [0.25, 0.3) is 0 Å². The van der Waals surface area contributed by atoms with Crippen LogP contribution < -0.4 is 10.2 Å². The summed E-state index contributed by atoms with van der Waals surface area (Å²) in [6.45, 7) is 5.36. The van der Waals surface area contributed by atoms with Crippen molar-refractivity contribution in [2.75, 3.05) is 36.5 Å². The van der Waals surface area contributed by atoms with Crippen molar-refractivity contribution in [2.24, 2.45) is 0 Å². The Morgan fingerprint density at radius 3 is 2.85 bits per heavy atom. The molecule has 1 aliphatic rings. The first kappa shape index (κ1) is 12.8. The van der Waals surface area contributed by atoms with Crippen LogP contribution in [0.2, 0.25) is 0 Å². The van der Waals surface area contributed by atoms with Gasteiger partial charge < -0.3 is 19.4 Å². The highest BCUT2D eigenvalue weighted by Crippen LogP contribution is 2.15. The Hall–Kier alpha value is -2.22. The lowest BCUT2D eigenvalue weighted by molar-refractivity contribution is 0.122. The smallest absolute Gasteiger partial charge is 0.235 e. The van der Waals surface area contributed by atoms with Crippen molar-refractivity contribution in [3.63, 3.8) is 0 Å². The molecular weight excluding hydrogens is 260 g/mol. The average Bonchev–Trinajstić information content (AvgIpc) is 2.92. The molecule has 1 fully saturated rings. The third-order valence-electron chi connectivity index (χ3n) is 2.98. The Kier molecular flexibility index (Phi) is 3.73. The molecule has 2 aromatic heterocycles. The molecule has 0 bridgehead atoms. The lowest BCUT2D eigenvalue weighted by Crippen LogP contribution is -2.36. The summed E-state index contributed by atoms with van der Waals surface area (Å²) in [4.78, 5) is 10.6. The molecule has 0 amide bonds. The Balaban J connectivity index is 1.64. The van der Waals surface area contributed by atoms with Crippen molar-refractivity contribution >= 4 is 11.6 Å². The van der Waals surface area contributed by atoms with E-state index in [2.05, 4.69) is 30.4 Å². The van der Waals surface area contributed by atoms with E-state index in [0.29, 0.717) is 18.3 Å². The molecular formula is C12H16N6O2. The fourth-order valence-corrected chi connectivity index (χ4v) is 1.98. The lowest BCUT2D eigenvalue weighted by atomic mass is 10.4. The summed E-state index contributed by atoms with van der Waals surface area (Å²) in [5.74, 6) is 2.72. The molecule has 3 heterocycles. The second-order valence-corrected chi connectivity index (χ2v) is 4.43. The summed E-state index contributed by atoms with van der Waals surface area (Å²) in [6.07, 6.45) is 1.55. The second-order valence-electron chi connectivity index (χ2n) is 4.43. The standard InChI is InChI=1S/C12H16N6O2/c1-9-16-17-12(20-9)7-13-10-6-11(15-8-14-10)18-2-4-19-5-3-18/h6,8H,2-5,7H2,1H3,(H,13,14,15). The number of ether oxygens (including phenoxy) is 1. The second kappa shape index (κ2) is 5.83. The van der Waals surface area contributed by atoms with E-state index in [1.807, 2.05) is 6.07 Å². The van der Waals surface area contributed by atoms with Gasteiger partial charge in [-0.3, -0.25) is 0 Å². The molecule has 0 aromatic carbocycles. The fourth-order valence-electron chi connectivity index (χ4n) is 1.98. The normalized spacial score (nSPS) is 15.3. The Morgan fingerprint density at radius 1 is 1.25 bits per heavy atom. The van der Waals surface area contributed by atoms with Crippen molar-refractivity contribution in [3.05, 3.63) is 24.2 Å². The molecule has 106 valence electrons. The predicted molar refractivity (Wildman–Crippen MR) is 71.4 cm³/mol. The van der Waals surface area contributed by atoms with Gasteiger partial charge in [0.15, 0.2) is 0 Å². The molecule has 20 heavy (non-hydrogen) atoms. The largest absolute Gasteiger partial charge is 0.424 e. The van der Waals surface area contributed by atoms with Crippen LogP contribution in [0.5, 0.6) is 0 Å². The van der Waals surface area contributed by atoms with E-state index in [4.69, 9.17) is 9.15 Å². The average molecular weight is 276 g/mol. The van der Waals surface area contributed by atoms with Gasteiger partial charge in [0, 0.05) is 26.1 Å². The molecule has 1 aliphatic heterocycles. The minimum Gasteiger partial charge on any atom is -0.424 e. The van der Waals surface area contributed by atoms with E-state index in [-0.39, 0.29) is 0 Å². The number of anilines is 2. The van der Waals surface area contributed by atoms with Gasteiger partial charge in [-0.15, -0.1) is 10.2 Å². The molecule has 0 atom stereocenters. The third kappa shape index (κ3) is 3.02. The first-order chi connectivity index (χ1) is 9.81. The number of morpholine rings is 1. The molecule has 8 heteroatoms. The van der Waals surface area contributed by atoms with E-state index in [1.54, 1.807) is 13.3 Å². The lowest BCUT2D eigenvalue weighted by Gasteiger charge is -2.27. The van der Waals surface area contributed by atoms with Gasteiger partial charge >= 0.3 is 0 Å². The number of rotatable bonds is 4. The molecule has 1 saturated heterocycles. The summed E-state index contributed by atoms with van der Waals surface area (Å²) in [5.41, 5.74) is 0. The van der Waals surface area contributed by atoms with Gasteiger partial charge in [0.05, 0.1) is 19.8 Å². The van der Waals surface area contributed by atoms with Gasteiger partial charge in [-0.25, -0.2) is 9.97 Å². The Bertz CT molecular complexity index is 567. The van der Waals surface area contributed by atoms with E-state index >= 15 is 0 Å². The molecule has 0 unspecified atom stereocenters. The molecule has 1 N–H and O–H groups in total. The summed E-state index contributed by atoms with van der Waals surface area (Å²) < 4.78 is 10.6. The summed E-state index contributed by atoms with van der Waals surface area (Å²) in [6, 6.07) is 1.91. The van der Waals surface area contributed by atoms with E-state index in [0.717, 1.165) is 37.9 Å². The predicted octanol–water partition coefficient (Wildman–Crippen LogP) is 0.617. The number of hydrogen-bond acceptors (Lipinski definition) is 8. The van der Waals surface area contributed by atoms with E-state index < -0.39 is 0 Å². The zero-order valence-corrected chi connectivity index (χ0v) is 11.2. The van der Waals surface area contributed by atoms with E-state index in [1.165, 1.54) is 0 Å². The van der Waals surface area contributed by atoms with Crippen LogP contribution in [-0.2, 0) is 11.3 Å². The zero-order chi connectivity index (χ0) is 13.8. The third-order valence-corrected chi connectivity index (χ3v) is 2.98. The van der Waals surface area contributed by atoms with Gasteiger partial charge in [-0.1, -0.05) is 0 Å². The Morgan fingerprint density at radius 2 is 2.10 bits per heavy atom. The van der Waals surface area contributed by atoms with Crippen LogP contribution >= 0.6 is 0 Å². The van der Waals surface area contributed by atoms with Crippen LogP contribution in [0.3, 0.4) is 0 Å². The molecule has 0 aliphatic carbocycles. The quantitative estimate of drug-likeness (QED) is 0.869. The number of aryl methyl sites for hydroxylation is 1. The topological polar surface area (TPSA) is 89.2 Å². The number of hydrogen-bond donors (Lipinski definition) is 1. The van der Waals surface area contributed by atoms with Crippen molar-refractivity contribution in [1.82, 2.24) is 20.2 Å². The highest BCUT2D eigenvalue weighted by atomic mass is 16.5. The number of nitrogens with zero attached hydrogens (tertiary/aromatic N) is 5. The molecule has 0 radical (unpaired) electrons. The minimum absolute atomic E-state index is 0.445. The van der Waals surface area contributed by atoms with Crippen LogP contribution in [-0.4, -0.2) is 46.5 Å². The van der Waals surface area contributed by atoms with Crippen molar-refractivity contribution in [1.29, 1.82) is 0 Å². The molecule has 0 saturated carbocycles. The maximum Gasteiger partial charge on any atom is 0.235 e. The van der Waals surface area contributed by atoms with Crippen LogP contribution in [0, 0.1) is 6.92 Å². The summed E-state index contributed by atoms with van der Waals surface area (Å²) in [7, 11) is 0. The van der Waals surface area contributed by atoms with Crippen molar-refractivity contribution in [3.8, 4) is 0 Å². The number of nitrogens with one attached hydrogen (secondary N) is 1. The summed E-state index contributed by atoms with van der Waals surface area (Å²) >= 11 is 0. The van der Waals surface area contributed by atoms with Gasteiger partial charge in [-0.05, 0) is 0 Å². The summed E-state index contributed by atoms with van der Waals surface area (Å²) in [5, 5.41) is 10.9. The first-order valence-electron chi connectivity index (χ1n) is 6.49. The van der Waals surface area contributed by atoms with Crippen molar-refractivity contribution in [2.45, 2.75) is 13.5 Å². The van der Waals surface area contributed by atoms with Gasteiger partial charge in [0.2, 0.25) is 11.8 Å². The first-order valence-corrected chi connectivity index (χ1v) is 6.49. The monoisotopic (exact) mass is 276 g/mol.